The second kappa shape index (κ2) is 9.02. The van der Waals surface area contributed by atoms with E-state index in [1.807, 2.05) is 0 Å². The lowest BCUT2D eigenvalue weighted by molar-refractivity contribution is -0.110. The van der Waals surface area contributed by atoms with Crippen LogP contribution in [0.1, 0.15) is 17.2 Å². The van der Waals surface area contributed by atoms with E-state index in [1.54, 1.807) is 37.4 Å². The number of fused-ring (bicyclic) bond motifs is 1. The Labute approximate surface area is 186 Å². The number of hydroxylamine groups is 2. The Morgan fingerprint density at radius 2 is 1.72 bits per heavy atom. The molecule has 2 aliphatic heterocycles. The number of nitrogens with zero attached hydrogens (tertiary/aromatic N) is 1. The summed E-state index contributed by atoms with van der Waals surface area (Å²) in [5.74, 6) is 2.55. The van der Waals surface area contributed by atoms with Crippen LogP contribution in [0.2, 0.25) is 0 Å². The van der Waals surface area contributed by atoms with Crippen LogP contribution in [0.3, 0.4) is 0 Å². The largest absolute Gasteiger partial charge is 0.493 e. The summed E-state index contributed by atoms with van der Waals surface area (Å²) in [6.07, 6.45) is 0. The highest BCUT2D eigenvalue weighted by Crippen LogP contribution is 2.43. The molecule has 1 saturated heterocycles. The molecule has 0 aromatic heterocycles. The number of benzene rings is 2. The van der Waals surface area contributed by atoms with Crippen LogP contribution in [-0.2, 0) is 21.4 Å². The Hall–Kier alpha value is -2.73. The van der Waals surface area contributed by atoms with Crippen LogP contribution in [0.25, 0.3) is 0 Å². The molecule has 0 aliphatic carbocycles. The molecule has 0 amide bonds. The summed E-state index contributed by atoms with van der Waals surface area (Å²) in [6.45, 7) is 0.280. The van der Waals surface area contributed by atoms with Gasteiger partial charge in [0.05, 0.1) is 34.0 Å². The van der Waals surface area contributed by atoms with Crippen molar-refractivity contribution < 1.29 is 36.9 Å². The molecular weight excluding hydrogens is 440 g/mol. The molecule has 2 atom stereocenters. The average Bonchev–Trinajstić information content (AvgIpc) is 3.43. The van der Waals surface area contributed by atoms with Gasteiger partial charge in [-0.3, -0.25) is 4.84 Å². The predicted molar refractivity (Wildman–Crippen MR) is 115 cm³/mol. The lowest BCUT2D eigenvalue weighted by Gasteiger charge is -2.24. The van der Waals surface area contributed by atoms with Gasteiger partial charge in [-0.1, -0.05) is 6.07 Å². The molecule has 2 aliphatic rings. The minimum atomic E-state index is -3.76. The number of sulfonamides is 1. The molecule has 2 aromatic rings. The van der Waals surface area contributed by atoms with Gasteiger partial charge in [0.2, 0.25) is 22.6 Å². The quantitative estimate of drug-likeness (QED) is 0.624. The van der Waals surface area contributed by atoms with Gasteiger partial charge < -0.3 is 23.7 Å². The molecule has 11 heteroatoms. The predicted octanol–water partition coefficient (Wildman–Crippen LogP) is 1.85. The smallest absolute Gasteiger partial charge is 0.231 e. The van der Waals surface area contributed by atoms with Gasteiger partial charge in [0.15, 0.2) is 23.0 Å². The highest BCUT2D eigenvalue weighted by Gasteiger charge is 2.43. The van der Waals surface area contributed by atoms with Gasteiger partial charge in [-0.25, -0.2) is 13.1 Å². The van der Waals surface area contributed by atoms with E-state index in [0.29, 0.717) is 34.3 Å². The minimum absolute atomic E-state index is 0.00823. The first-order valence-electron chi connectivity index (χ1n) is 9.90. The summed E-state index contributed by atoms with van der Waals surface area (Å²) >= 11 is 0. The van der Waals surface area contributed by atoms with Crippen molar-refractivity contribution in [3.8, 4) is 28.7 Å². The van der Waals surface area contributed by atoms with Crippen molar-refractivity contribution in [2.45, 2.75) is 17.8 Å². The zero-order valence-corrected chi connectivity index (χ0v) is 19.1. The zero-order chi connectivity index (χ0) is 22.9. The van der Waals surface area contributed by atoms with Gasteiger partial charge in [-0.15, -0.1) is 0 Å². The molecule has 1 N–H and O–H groups in total. The van der Waals surface area contributed by atoms with Crippen molar-refractivity contribution in [3.05, 3.63) is 41.5 Å². The monoisotopic (exact) mass is 466 g/mol. The van der Waals surface area contributed by atoms with Crippen LogP contribution in [0, 0.1) is 0 Å². The van der Waals surface area contributed by atoms with E-state index in [4.69, 9.17) is 28.5 Å². The van der Waals surface area contributed by atoms with Crippen LogP contribution in [0.5, 0.6) is 28.7 Å². The Balaban J connectivity index is 1.58. The zero-order valence-electron chi connectivity index (χ0n) is 18.3. The number of ether oxygens (including phenoxy) is 5. The van der Waals surface area contributed by atoms with Crippen LogP contribution >= 0.6 is 0 Å². The van der Waals surface area contributed by atoms with Crippen molar-refractivity contribution in [3.63, 3.8) is 0 Å². The Morgan fingerprint density at radius 3 is 2.38 bits per heavy atom. The van der Waals surface area contributed by atoms with Gasteiger partial charge in [0.25, 0.3) is 0 Å². The van der Waals surface area contributed by atoms with Gasteiger partial charge in [-0.05, 0) is 35.4 Å². The van der Waals surface area contributed by atoms with E-state index in [0.717, 1.165) is 5.56 Å². The highest BCUT2D eigenvalue weighted by molar-refractivity contribution is 7.90. The summed E-state index contributed by atoms with van der Waals surface area (Å²) in [5.41, 5.74) is 1.42. The van der Waals surface area contributed by atoms with E-state index in [1.165, 1.54) is 26.4 Å². The minimum Gasteiger partial charge on any atom is -0.493 e. The van der Waals surface area contributed by atoms with Crippen molar-refractivity contribution in [1.29, 1.82) is 0 Å². The Kier molecular flexibility index (Phi) is 6.33. The van der Waals surface area contributed by atoms with Gasteiger partial charge in [-0.2, -0.15) is 5.06 Å². The van der Waals surface area contributed by atoms with E-state index >= 15 is 0 Å². The summed E-state index contributed by atoms with van der Waals surface area (Å²) in [6, 6.07) is 8.20. The molecule has 2 unspecified atom stereocenters. The van der Waals surface area contributed by atoms with Gasteiger partial charge in [0, 0.05) is 13.6 Å². The fourth-order valence-electron chi connectivity index (χ4n) is 3.89. The Morgan fingerprint density at radius 1 is 1.03 bits per heavy atom. The molecule has 32 heavy (non-hydrogen) atoms. The van der Waals surface area contributed by atoms with Crippen LogP contribution in [-0.4, -0.2) is 60.5 Å². The normalized spacial score (nSPS) is 20.4. The number of methoxy groups -OCH3 is 3. The SMILES string of the molecule is COc1cc(C2C(S(=O)(=O)NCc3ccc4c(c3)OCO4)CON2C)cc(OC)c1OC. The summed E-state index contributed by atoms with van der Waals surface area (Å²) in [4.78, 5) is 5.60. The molecule has 10 nitrogen and oxygen atoms in total. The topological polar surface area (TPSA) is 105 Å². The molecule has 0 bridgehead atoms. The number of hydrogen-bond donors (Lipinski definition) is 1. The Bertz CT molecular complexity index is 1070. The highest BCUT2D eigenvalue weighted by atomic mass is 32.2. The molecule has 0 spiro atoms. The maximum atomic E-state index is 13.2. The summed E-state index contributed by atoms with van der Waals surface area (Å²) < 4.78 is 56.1. The molecule has 4 rings (SSSR count). The number of hydrogen-bond acceptors (Lipinski definition) is 9. The molecular formula is C21H26N2O8S. The molecule has 1 fully saturated rings. The fraction of sp³-hybridized carbons (Fsp3) is 0.429. The van der Waals surface area contributed by atoms with Crippen molar-refractivity contribution in [2.24, 2.45) is 0 Å². The standard InChI is InChI=1S/C21H26N2O8S/c1-23-20(14-8-17(26-2)21(28-4)18(9-14)27-3)19(11-31-23)32(24,25)22-10-13-5-6-15-16(7-13)30-12-29-15/h5-9,19-20,22H,10-12H2,1-4H3. The lowest BCUT2D eigenvalue weighted by Crippen LogP contribution is -2.39. The van der Waals surface area contributed by atoms with Crippen LogP contribution in [0.4, 0.5) is 0 Å². The third kappa shape index (κ3) is 4.16. The van der Waals surface area contributed by atoms with Crippen molar-refractivity contribution in [2.75, 3.05) is 41.8 Å². The first-order chi connectivity index (χ1) is 15.4. The van der Waals surface area contributed by atoms with E-state index in [-0.39, 0.29) is 19.9 Å². The third-order valence-electron chi connectivity index (χ3n) is 5.53. The maximum Gasteiger partial charge on any atom is 0.231 e. The first kappa shape index (κ1) is 22.5. The number of rotatable bonds is 8. The van der Waals surface area contributed by atoms with Crippen molar-refractivity contribution >= 4 is 10.0 Å². The van der Waals surface area contributed by atoms with Crippen molar-refractivity contribution in [1.82, 2.24) is 9.79 Å². The lowest BCUT2D eigenvalue weighted by atomic mass is 10.0. The molecule has 0 saturated carbocycles. The van der Waals surface area contributed by atoms with Gasteiger partial charge in [0.1, 0.15) is 5.25 Å². The van der Waals surface area contributed by atoms with Crippen LogP contribution < -0.4 is 28.4 Å². The van der Waals surface area contributed by atoms with Gasteiger partial charge >= 0.3 is 0 Å². The third-order valence-corrected chi connectivity index (χ3v) is 7.27. The maximum absolute atomic E-state index is 13.2. The summed E-state index contributed by atoms with van der Waals surface area (Å²) in [5, 5.41) is 0.676. The summed E-state index contributed by atoms with van der Waals surface area (Å²) in [7, 11) is 2.47. The van der Waals surface area contributed by atoms with E-state index in [9.17, 15) is 8.42 Å². The second-order valence-corrected chi connectivity index (χ2v) is 9.32. The second-order valence-electron chi connectivity index (χ2n) is 7.34. The van der Waals surface area contributed by atoms with E-state index in [2.05, 4.69) is 4.72 Å². The molecule has 2 heterocycles. The van der Waals surface area contributed by atoms with Crippen LogP contribution in [0.15, 0.2) is 30.3 Å². The average molecular weight is 467 g/mol. The molecule has 0 radical (unpaired) electrons. The number of nitrogens with one attached hydrogen (secondary N) is 1. The molecule has 174 valence electrons. The van der Waals surface area contributed by atoms with E-state index < -0.39 is 21.3 Å². The first-order valence-corrected chi connectivity index (χ1v) is 11.4. The molecule has 2 aromatic carbocycles. The fourth-order valence-corrected chi connectivity index (χ4v) is 5.38.